The molecule has 3 atom stereocenters. The maximum Gasteiger partial charge on any atom is 0.510 e. The molecule has 0 aromatic rings. The maximum absolute atomic E-state index is 11.5. The Hall–Kier alpha value is -0.920. The number of carbonyl (C=O) groups excluding carboxylic acids is 1. The van der Waals surface area contributed by atoms with Crippen molar-refractivity contribution in [2.45, 2.75) is 18.7 Å². The van der Waals surface area contributed by atoms with Gasteiger partial charge in [0.15, 0.2) is 0 Å². The number of halogens is 1. The summed E-state index contributed by atoms with van der Waals surface area (Å²) in [7, 11) is 0. The van der Waals surface area contributed by atoms with Gasteiger partial charge in [-0.25, -0.2) is 9.18 Å². The van der Waals surface area contributed by atoms with Crippen LogP contribution >= 0.6 is 0 Å². The second kappa shape index (κ2) is 4.07. The van der Waals surface area contributed by atoms with Crippen LogP contribution in [0.25, 0.3) is 0 Å². The van der Waals surface area contributed by atoms with Crippen LogP contribution in [-0.4, -0.2) is 44.9 Å². The molecule has 14 heavy (non-hydrogen) atoms. The zero-order valence-electron chi connectivity index (χ0n) is 7.18. The van der Waals surface area contributed by atoms with E-state index in [2.05, 4.69) is 9.47 Å². The fourth-order valence-corrected chi connectivity index (χ4v) is 1.07. The molecule has 2 fully saturated rings. The van der Waals surface area contributed by atoms with Gasteiger partial charge in [-0.1, -0.05) is 0 Å². The Bertz CT molecular complexity index is 222. The molecule has 6 nitrogen and oxygen atoms in total. The lowest BCUT2D eigenvalue weighted by Gasteiger charge is -2.18. The van der Waals surface area contributed by atoms with E-state index in [9.17, 15) is 9.18 Å². The van der Waals surface area contributed by atoms with Gasteiger partial charge in [-0.3, -0.25) is 0 Å². The predicted molar refractivity (Wildman–Crippen MR) is 37.9 cm³/mol. The summed E-state index contributed by atoms with van der Waals surface area (Å²) in [6, 6.07) is 0. The molecule has 2 saturated heterocycles. The first kappa shape index (κ1) is 9.63. The quantitative estimate of drug-likeness (QED) is 0.486. The topological polar surface area (TPSA) is 66.5 Å². The molecule has 0 aliphatic carbocycles. The first-order valence-electron chi connectivity index (χ1n) is 4.07. The molecule has 0 spiro atoms. The highest BCUT2D eigenvalue weighted by molar-refractivity contribution is 5.59. The molecule has 2 aliphatic heterocycles. The van der Waals surface area contributed by atoms with Crippen molar-refractivity contribution in [1.29, 1.82) is 0 Å². The SMILES string of the molecule is O=C(OCF)OCC1COC2OC2O1. The average Bonchev–Trinajstić information content (AvgIpc) is 2.93. The van der Waals surface area contributed by atoms with Crippen molar-refractivity contribution in [3.63, 3.8) is 0 Å². The van der Waals surface area contributed by atoms with Gasteiger partial charge in [0.25, 0.3) is 0 Å². The summed E-state index contributed by atoms with van der Waals surface area (Å²) in [4.78, 5) is 10.6. The maximum atomic E-state index is 11.5. The molecule has 0 saturated carbocycles. The van der Waals surface area contributed by atoms with Gasteiger partial charge in [-0.05, 0) is 0 Å². The molecule has 2 rings (SSSR count). The van der Waals surface area contributed by atoms with Crippen LogP contribution in [0.3, 0.4) is 0 Å². The van der Waals surface area contributed by atoms with E-state index in [0.29, 0.717) is 0 Å². The molecular formula is C7H9FO6. The Morgan fingerprint density at radius 2 is 2.21 bits per heavy atom. The molecule has 7 heteroatoms. The molecule has 3 unspecified atom stereocenters. The molecule has 0 bridgehead atoms. The Kier molecular flexibility index (Phi) is 2.80. The molecule has 0 N–H and O–H groups in total. The van der Waals surface area contributed by atoms with Crippen LogP contribution in [0.4, 0.5) is 9.18 Å². The lowest BCUT2D eigenvalue weighted by atomic mass is 10.4. The third-order valence-electron chi connectivity index (χ3n) is 1.75. The van der Waals surface area contributed by atoms with E-state index in [1.807, 2.05) is 0 Å². The molecule has 0 amide bonds. The second-order valence-corrected chi connectivity index (χ2v) is 2.78. The van der Waals surface area contributed by atoms with Gasteiger partial charge >= 0.3 is 6.16 Å². The van der Waals surface area contributed by atoms with Gasteiger partial charge in [0, 0.05) is 0 Å². The highest BCUT2D eigenvalue weighted by Gasteiger charge is 2.47. The van der Waals surface area contributed by atoms with Gasteiger partial charge in [0.2, 0.25) is 19.4 Å². The van der Waals surface area contributed by atoms with Crippen molar-refractivity contribution in [3.05, 3.63) is 0 Å². The summed E-state index contributed by atoms with van der Waals surface area (Å²) >= 11 is 0. The molecule has 0 aromatic heterocycles. The molecule has 2 aliphatic rings. The number of fused-ring (bicyclic) bond motifs is 1. The van der Waals surface area contributed by atoms with Crippen molar-refractivity contribution in [2.75, 3.05) is 20.1 Å². The lowest BCUT2D eigenvalue weighted by molar-refractivity contribution is -0.115. The number of rotatable bonds is 3. The standard InChI is InChI=1S/C7H9FO6/c8-3-12-7(9)11-2-4-1-10-5-6(13-4)14-5/h4-6H,1-3H2. The van der Waals surface area contributed by atoms with E-state index in [1.54, 1.807) is 0 Å². The van der Waals surface area contributed by atoms with Crippen LogP contribution < -0.4 is 0 Å². The molecular weight excluding hydrogens is 199 g/mol. The van der Waals surface area contributed by atoms with E-state index in [1.165, 1.54) is 0 Å². The van der Waals surface area contributed by atoms with Crippen LogP contribution in [0, 0.1) is 0 Å². The minimum absolute atomic E-state index is 0.0363. The Morgan fingerprint density at radius 3 is 2.93 bits per heavy atom. The number of hydrogen-bond donors (Lipinski definition) is 0. The van der Waals surface area contributed by atoms with Crippen LogP contribution in [0.1, 0.15) is 0 Å². The van der Waals surface area contributed by atoms with Crippen LogP contribution in [0.15, 0.2) is 0 Å². The Morgan fingerprint density at radius 1 is 1.36 bits per heavy atom. The van der Waals surface area contributed by atoms with Crippen molar-refractivity contribution in [3.8, 4) is 0 Å². The summed E-state index contributed by atoms with van der Waals surface area (Å²) in [5.41, 5.74) is 0. The van der Waals surface area contributed by atoms with Gasteiger partial charge in [0.05, 0.1) is 6.61 Å². The van der Waals surface area contributed by atoms with Crippen molar-refractivity contribution in [2.24, 2.45) is 0 Å². The third-order valence-corrected chi connectivity index (χ3v) is 1.75. The summed E-state index contributed by atoms with van der Waals surface area (Å²) in [6.07, 6.45) is -2.07. The van der Waals surface area contributed by atoms with Gasteiger partial charge in [-0.15, -0.1) is 0 Å². The van der Waals surface area contributed by atoms with Crippen LogP contribution in [0.5, 0.6) is 0 Å². The van der Waals surface area contributed by atoms with E-state index in [4.69, 9.17) is 14.2 Å². The highest BCUT2D eigenvalue weighted by atomic mass is 19.1. The van der Waals surface area contributed by atoms with Crippen molar-refractivity contribution < 1.29 is 32.9 Å². The number of alkyl halides is 1. The summed E-state index contributed by atoms with van der Waals surface area (Å²) < 4.78 is 35.1. The molecule has 80 valence electrons. The van der Waals surface area contributed by atoms with Crippen molar-refractivity contribution >= 4 is 6.16 Å². The average molecular weight is 208 g/mol. The summed E-state index contributed by atoms with van der Waals surface area (Å²) in [5, 5.41) is 0. The van der Waals surface area contributed by atoms with E-state index in [-0.39, 0.29) is 31.9 Å². The number of carbonyl (C=O) groups is 1. The van der Waals surface area contributed by atoms with Crippen LogP contribution in [0.2, 0.25) is 0 Å². The summed E-state index contributed by atoms with van der Waals surface area (Å²) in [6.45, 7) is -0.954. The molecule has 2 heterocycles. The normalized spacial score (nSPS) is 34.5. The fraction of sp³-hybridized carbons (Fsp3) is 0.857. The van der Waals surface area contributed by atoms with Crippen LogP contribution in [-0.2, 0) is 23.7 Å². The minimum atomic E-state index is -1.20. The van der Waals surface area contributed by atoms with Gasteiger partial charge < -0.3 is 23.7 Å². The first-order chi connectivity index (χ1) is 6.79. The predicted octanol–water partition coefficient (Wildman–Crippen LogP) is 0.164. The Balaban J connectivity index is 1.62. The molecule has 0 aromatic carbocycles. The second-order valence-electron chi connectivity index (χ2n) is 2.78. The summed E-state index contributed by atoms with van der Waals surface area (Å²) in [5.74, 6) is 0. The fourth-order valence-electron chi connectivity index (χ4n) is 1.07. The Labute approximate surface area is 78.8 Å². The van der Waals surface area contributed by atoms with E-state index < -0.39 is 13.0 Å². The zero-order chi connectivity index (χ0) is 9.97. The monoisotopic (exact) mass is 208 g/mol. The minimum Gasteiger partial charge on any atom is -0.431 e. The molecule has 0 radical (unpaired) electrons. The van der Waals surface area contributed by atoms with E-state index in [0.717, 1.165) is 0 Å². The zero-order valence-corrected chi connectivity index (χ0v) is 7.18. The van der Waals surface area contributed by atoms with Gasteiger partial charge in [-0.2, -0.15) is 0 Å². The number of epoxide rings is 1. The van der Waals surface area contributed by atoms with E-state index >= 15 is 0 Å². The van der Waals surface area contributed by atoms with Crippen molar-refractivity contribution in [1.82, 2.24) is 0 Å². The van der Waals surface area contributed by atoms with Gasteiger partial charge in [0.1, 0.15) is 12.7 Å². The highest BCUT2D eigenvalue weighted by Crippen LogP contribution is 2.30. The largest absolute Gasteiger partial charge is 0.510 e. The number of ether oxygens (including phenoxy) is 5. The number of hydrogen-bond acceptors (Lipinski definition) is 6. The third kappa shape index (κ3) is 2.31. The lowest BCUT2D eigenvalue weighted by Crippen LogP contribution is -2.33. The smallest absolute Gasteiger partial charge is 0.431 e. The first-order valence-corrected chi connectivity index (χ1v) is 4.07.